The molecule has 1 aromatic carbocycles. The van der Waals surface area contributed by atoms with E-state index < -0.39 is 0 Å². The first-order valence-electron chi connectivity index (χ1n) is 9.73. The fourth-order valence-corrected chi connectivity index (χ4v) is 4.50. The molecule has 0 bridgehead atoms. The molecule has 2 N–H and O–H groups in total. The van der Waals surface area contributed by atoms with Crippen LogP contribution in [0.4, 0.5) is 4.79 Å². The molecule has 136 valence electrons. The number of aliphatic hydroxyl groups is 1. The van der Waals surface area contributed by atoms with Gasteiger partial charge >= 0.3 is 6.03 Å². The Bertz CT molecular complexity index is 617. The van der Waals surface area contributed by atoms with Gasteiger partial charge in [-0.15, -0.1) is 0 Å². The highest BCUT2D eigenvalue weighted by Crippen LogP contribution is 2.35. The summed E-state index contributed by atoms with van der Waals surface area (Å²) < 4.78 is 0. The van der Waals surface area contributed by atoms with Crippen molar-refractivity contribution in [2.45, 2.75) is 44.2 Å². The van der Waals surface area contributed by atoms with Crippen LogP contribution in [-0.2, 0) is 6.42 Å². The predicted molar refractivity (Wildman–Crippen MR) is 97.4 cm³/mol. The van der Waals surface area contributed by atoms with E-state index in [1.165, 1.54) is 36.9 Å². The first-order chi connectivity index (χ1) is 12.3. The minimum absolute atomic E-state index is 0.00493. The van der Waals surface area contributed by atoms with Crippen molar-refractivity contribution < 1.29 is 9.90 Å². The van der Waals surface area contributed by atoms with Crippen molar-refractivity contribution in [1.29, 1.82) is 0 Å². The summed E-state index contributed by atoms with van der Waals surface area (Å²) in [5.74, 6) is 0.566. The molecule has 2 atom stereocenters. The minimum Gasteiger partial charge on any atom is -0.395 e. The summed E-state index contributed by atoms with van der Waals surface area (Å²) in [5, 5.41) is 12.6. The molecule has 1 aliphatic heterocycles. The van der Waals surface area contributed by atoms with Crippen molar-refractivity contribution in [3.63, 3.8) is 0 Å². The molecule has 1 saturated carbocycles. The fourth-order valence-electron chi connectivity index (χ4n) is 4.50. The van der Waals surface area contributed by atoms with Crippen LogP contribution in [0.5, 0.6) is 0 Å². The number of carbonyl (C=O) groups excluding carboxylic acids is 1. The van der Waals surface area contributed by atoms with E-state index in [4.69, 9.17) is 0 Å². The van der Waals surface area contributed by atoms with Crippen molar-refractivity contribution >= 4 is 6.03 Å². The van der Waals surface area contributed by atoms with Crippen LogP contribution in [0.2, 0.25) is 0 Å². The Kier molecular flexibility index (Phi) is 4.95. The van der Waals surface area contributed by atoms with E-state index in [1.54, 1.807) is 0 Å². The third-order valence-corrected chi connectivity index (χ3v) is 6.00. The summed E-state index contributed by atoms with van der Waals surface area (Å²) in [6.45, 7) is 3.45. The molecule has 0 radical (unpaired) electrons. The number of likely N-dealkylation sites (tertiary alicyclic amines) is 1. The number of rotatable bonds is 6. The summed E-state index contributed by atoms with van der Waals surface area (Å²) in [6.07, 6.45) is 5.85. The average molecular weight is 343 g/mol. The molecule has 1 saturated heterocycles. The molecule has 2 amide bonds. The maximum Gasteiger partial charge on any atom is 0.318 e. The third-order valence-electron chi connectivity index (χ3n) is 6.00. The second-order valence-electron chi connectivity index (χ2n) is 7.74. The lowest BCUT2D eigenvalue weighted by molar-refractivity contribution is 0.150. The second kappa shape index (κ2) is 7.34. The number of amides is 2. The molecular formula is C20H29N3O2. The molecule has 0 spiro atoms. The van der Waals surface area contributed by atoms with E-state index in [2.05, 4.69) is 28.4 Å². The highest BCUT2D eigenvalue weighted by Gasteiger charge is 2.35. The van der Waals surface area contributed by atoms with E-state index in [-0.39, 0.29) is 18.7 Å². The fraction of sp³-hybridized carbons (Fsp3) is 0.650. The first kappa shape index (κ1) is 16.9. The first-order valence-corrected chi connectivity index (χ1v) is 9.73. The number of carbonyl (C=O) groups is 1. The molecule has 5 heteroatoms. The Labute approximate surface area is 150 Å². The SMILES string of the molecule is O=C(NCC1CCN(C2CC2)C1)N(CCO)C1CCc2ccccc21. The lowest BCUT2D eigenvalue weighted by Gasteiger charge is -2.30. The number of urea groups is 1. The molecule has 0 aromatic heterocycles. The molecule has 25 heavy (non-hydrogen) atoms. The van der Waals surface area contributed by atoms with Gasteiger partial charge in [0.25, 0.3) is 0 Å². The number of benzene rings is 1. The van der Waals surface area contributed by atoms with Crippen LogP contribution in [0, 0.1) is 5.92 Å². The molecule has 5 nitrogen and oxygen atoms in total. The van der Waals surface area contributed by atoms with E-state index in [0.717, 1.165) is 32.0 Å². The van der Waals surface area contributed by atoms with Gasteiger partial charge in [0.2, 0.25) is 0 Å². The van der Waals surface area contributed by atoms with Crippen LogP contribution in [0.1, 0.15) is 42.9 Å². The van der Waals surface area contributed by atoms with Crippen LogP contribution >= 0.6 is 0 Å². The van der Waals surface area contributed by atoms with Crippen LogP contribution in [-0.4, -0.2) is 59.8 Å². The zero-order chi connectivity index (χ0) is 17.2. The molecule has 2 fully saturated rings. The monoisotopic (exact) mass is 343 g/mol. The van der Waals surface area contributed by atoms with Gasteiger partial charge in [-0.1, -0.05) is 24.3 Å². The highest BCUT2D eigenvalue weighted by atomic mass is 16.3. The summed E-state index contributed by atoms with van der Waals surface area (Å²) in [4.78, 5) is 17.2. The summed E-state index contributed by atoms with van der Waals surface area (Å²) in [5.41, 5.74) is 2.57. The zero-order valence-corrected chi connectivity index (χ0v) is 14.9. The number of hydrogen-bond acceptors (Lipinski definition) is 3. The molecule has 4 rings (SSSR count). The Morgan fingerprint density at radius 2 is 2.08 bits per heavy atom. The minimum atomic E-state index is -0.0272. The van der Waals surface area contributed by atoms with Crippen LogP contribution < -0.4 is 5.32 Å². The van der Waals surface area contributed by atoms with E-state index >= 15 is 0 Å². The zero-order valence-electron chi connectivity index (χ0n) is 14.9. The maximum atomic E-state index is 12.8. The van der Waals surface area contributed by atoms with Crippen LogP contribution in [0.15, 0.2) is 24.3 Å². The van der Waals surface area contributed by atoms with Gasteiger partial charge in [-0.3, -0.25) is 0 Å². The molecule has 2 unspecified atom stereocenters. The number of nitrogens with zero attached hydrogens (tertiary/aromatic N) is 2. The summed E-state index contributed by atoms with van der Waals surface area (Å²) >= 11 is 0. The van der Waals surface area contributed by atoms with Crippen molar-refractivity contribution in [2.75, 3.05) is 32.8 Å². The molecule has 1 heterocycles. The number of aliphatic hydroxyl groups excluding tert-OH is 1. The number of nitrogens with one attached hydrogen (secondary N) is 1. The quantitative estimate of drug-likeness (QED) is 0.832. The van der Waals surface area contributed by atoms with E-state index in [1.807, 2.05) is 11.0 Å². The molecule has 1 aromatic rings. The molecular weight excluding hydrogens is 314 g/mol. The lowest BCUT2D eigenvalue weighted by atomic mass is 10.1. The largest absolute Gasteiger partial charge is 0.395 e. The van der Waals surface area contributed by atoms with Crippen LogP contribution in [0.25, 0.3) is 0 Å². The maximum absolute atomic E-state index is 12.8. The summed E-state index contributed by atoms with van der Waals surface area (Å²) in [7, 11) is 0. The van der Waals surface area contributed by atoms with Crippen molar-refractivity contribution in [3.05, 3.63) is 35.4 Å². The molecule has 3 aliphatic rings. The van der Waals surface area contributed by atoms with Gasteiger partial charge in [-0.2, -0.15) is 0 Å². The summed E-state index contributed by atoms with van der Waals surface area (Å²) in [6, 6.07) is 9.25. The van der Waals surface area contributed by atoms with Gasteiger partial charge < -0.3 is 20.2 Å². The smallest absolute Gasteiger partial charge is 0.318 e. The van der Waals surface area contributed by atoms with Gasteiger partial charge in [-0.05, 0) is 55.7 Å². The van der Waals surface area contributed by atoms with E-state index in [9.17, 15) is 9.90 Å². The normalized spacial score (nSPS) is 25.8. The lowest BCUT2D eigenvalue weighted by Crippen LogP contribution is -2.45. The van der Waals surface area contributed by atoms with Crippen molar-refractivity contribution in [3.8, 4) is 0 Å². The Hall–Kier alpha value is -1.59. The number of hydrogen-bond donors (Lipinski definition) is 2. The van der Waals surface area contributed by atoms with Gasteiger partial charge in [0.1, 0.15) is 0 Å². The predicted octanol–water partition coefficient (Wildman–Crippen LogP) is 2.16. The van der Waals surface area contributed by atoms with Gasteiger partial charge in [0.05, 0.1) is 12.6 Å². The third kappa shape index (κ3) is 3.67. The average Bonchev–Trinajstić information content (AvgIpc) is 3.23. The molecule has 2 aliphatic carbocycles. The second-order valence-corrected chi connectivity index (χ2v) is 7.74. The Balaban J connectivity index is 1.35. The van der Waals surface area contributed by atoms with Gasteiger partial charge in [-0.25, -0.2) is 4.79 Å². The standard InChI is InChI=1S/C20H29N3O2/c24-12-11-23(19-8-5-16-3-1-2-4-18(16)19)20(25)21-13-15-9-10-22(14-15)17-6-7-17/h1-4,15,17,19,24H,5-14H2,(H,21,25). The Morgan fingerprint density at radius 3 is 2.88 bits per heavy atom. The highest BCUT2D eigenvalue weighted by molar-refractivity contribution is 5.75. The topological polar surface area (TPSA) is 55.8 Å². The number of fused-ring (bicyclic) bond motifs is 1. The Morgan fingerprint density at radius 1 is 1.24 bits per heavy atom. The van der Waals surface area contributed by atoms with Crippen molar-refractivity contribution in [2.24, 2.45) is 5.92 Å². The van der Waals surface area contributed by atoms with Gasteiger partial charge in [0, 0.05) is 25.7 Å². The van der Waals surface area contributed by atoms with Crippen LogP contribution in [0.3, 0.4) is 0 Å². The van der Waals surface area contributed by atoms with Crippen molar-refractivity contribution in [1.82, 2.24) is 15.1 Å². The number of aryl methyl sites for hydroxylation is 1. The van der Waals surface area contributed by atoms with E-state index in [0.29, 0.717) is 12.5 Å². The van der Waals surface area contributed by atoms with Gasteiger partial charge in [0.15, 0.2) is 0 Å².